The maximum atomic E-state index is 9.51. The molecule has 5 heteroatoms. The number of furan rings is 1. The van der Waals surface area contributed by atoms with E-state index in [2.05, 4.69) is 0 Å². The molecule has 1 heterocycles. The third-order valence-electron chi connectivity index (χ3n) is 2.58. The van der Waals surface area contributed by atoms with Crippen LogP contribution in [0.1, 0.15) is 0 Å². The molecule has 1 aromatic heterocycles. The summed E-state index contributed by atoms with van der Waals surface area (Å²) in [5.74, 6) is -0.0181. The summed E-state index contributed by atoms with van der Waals surface area (Å²) in [6.07, 6.45) is 0. The van der Waals surface area contributed by atoms with Crippen LogP contribution in [0.15, 0.2) is 28.7 Å². The Kier molecular flexibility index (Phi) is 2.40. The lowest BCUT2D eigenvalue weighted by atomic mass is 10.1. The number of benzene rings is 2. The van der Waals surface area contributed by atoms with Crippen molar-refractivity contribution >= 4 is 56.7 Å². The molecule has 0 amide bonds. The summed E-state index contributed by atoms with van der Waals surface area (Å²) in [6, 6.07) is 6.48. The highest BCUT2D eigenvalue weighted by molar-refractivity contribution is 6.43. The smallest absolute Gasteiger partial charge is 0.139 e. The van der Waals surface area contributed by atoms with Gasteiger partial charge >= 0.3 is 0 Å². The normalized spacial score (nSPS) is 11.5. The number of hydrogen-bond acceptors (Lipinski definition) is 2. The van der Waals surface area contributed by atoms with E-state index in [4.69, 9.17) is 39.2 Å². The Morgan fingerprint density at radius 1 is 0.765 bits per heavy atom. The minimum atomic E-state index is -0.0181. The van der Waals surface area contributed by atoms with Gasteiger partial charge < -0.3 is 9.52 Å². The van der Waals surface area contributed by atoms with Crippen LogP contribution in [0.3, 0.4) is 0 Å². The molecular formula is C12H5Cl3O2. The fourth-order valence-corrected chi connectivity index (χ4v) is 2.26. The fourth-order valence-electron chi connectivity index (χ4n) is 1.78. The van der Waals surface area contributed by atoms with Gasteiger partial charge in [0.1, 0.15) is 16.9 Å². The molecule has 0 unspecified atom stereocenters. The lowest BCUT2D eigenvalue weighted by Gasteiger charge is -1.96. The highest BCUT2D eigenvalue weighted by atomic mass is 35.5. The Morgan fingerprint density at radius 3 is 2.00 bits per heavy atom. The van der Waals surface area contributed by atoms with Crippen LogP contribution in [-0.2, 0) is 0 Å². The van der Waals surface area contributed by atoms with Crippen LogP contribution < -0.4 is 0 Å². The van der Waals surface area contributed by atoms with Crippen molar-refractivity contribution < 1.29 is 9.52 Å². The Labute approximate surface area is 111 Å². The van der Waals surface area contributed by atoms with Gasteiger partial charge in [-0.1, -0.05) is 34.8 Å². The van der Waals surface area contributed by atoms with Crippen LogP contribution in [0.4, 0.5) is 0 Å². The zero-order chi connectivity index (χ0) is 12.2. The third kappa shape index (κ3) is 1.64. The van der Waals surface area contributed by atoms with E-state index in [1.165, 1.54) is 6.07 Å². The number of hydrogen-bond donors (Lipinski definition) is 1. The maximum absolute atomic E-state index is 9.51. The standard InChI is InChI=1S/C12H5Cl3O2/c13-7-1-5-6-2-9(15)10(16)4-12(6)17-11(5)3-8(7)14/h1-4,16H. The van der Waals surface area contributed by atoms with Crippen LogP contribution in [0.25, 0.3) is 21.9 Å². The van der Waals surface area contributed by atoms with Crippen molar-refractivity contribution in [3.63, 3.8) is 0 Å². The fraction of sp³-hybridized carbons (Fsp3) is 0. The van der Waals surface area contributed by atoms with Gasteiger partial charge in [0.15, 0.2) is 0 Å². The lowest BCUT2D eigenvalue weighted by Crippen LogP contribution is -1.71. The zero-order valence-electron chi connectivity index (χ0n) is 8.30. The molecule has 2 aromatic carbocycles. The minimum Gasteiger partial charge on any atom is -0.506 e. The average molecular weight is 288 g/mol. The molecule has 0 saturated heterocycles. The molecule has 0 aliphatic carbocycles. The molecular weight excluding hydrogens is 282 g/mol. The van der Waals surface area contributed by atoms with Crippen molar-refractivity contribution in [1.29, 1.82) is 0 Å². The van der Waals surface area contributed by atoms with Gasteiger partial charge in [-0.05, 0) is 12.1 Å². The van der Waals surface area contributed by atoms with Gasteiger partial charge in [0, 0.05) is 22.9 Å². The molecule has 86 valence electrons. The Hall–Kier alpha value is -1.09. The van der Waals surface area contributed by atoms with E-state index in [-0.39, 0.29) is 10.8 Å². The van der Waals surface area contributed by atoms with E-state index >= 15 is 0 Å². The number of fused-ring (bicyclic) bond motifs is 3. The first-order valence-corrected chi connectivity index (χ1v) is 5.89. The minimum absolute atomic E-state index is 0.0181. The SMILES string of the molecule is Oc1cc2oc3cc(Cl)c(Cl)cc3c2cc1Cl. The first-order chi connectivity index (χ1) is 8.06. The van der Waals surface area contributed by atoms with E-state index in [1.54, 1.807) is 18.2 Å². The van der Waals surface area contributed by atoms with E-state index in [0.717, 1.165) is 10.8 Å². The second-order valence-corrected chi connectivity index (χ2v) is 4.89. The summed E-state index contributed by atoms with van der Waals surface area (Å²) in [5, 5.41) is 12.3. The van der Waals surface area contributed by atoms with Gasteiger partial charge in [-0.25, -0.2) is 0 Å². The molecule has 0 saturated carbocycles. The van der Waals surface area contributed by atoms with Gasteiger partial charge in [0.25, 0.3) is 0 Å². The van der Waals surface area contributed by atoms with Gasteiger partial charge in [-0.3, -0.25) is 0 Å². The molecule has 0 radical (unpaired) electrons. The number of rotatable bonds is 0. The highest BCUT2D eigenvalue weighted by Crippen LogP contribution is 2.38. The van der Waals surface area contributed by atoms with Crippen LogP contribution in [-0.4, -0.2) is 5.11 Å². The molecule has 0 aliphatic heterocycles. The van der Waals surface area contributed by atoms with Crippen molar-refractivity contribution in [2.24, 2.45) is 0 Å². The highest BCUT2D eigenvalue weighted by Gasteiger charge is 2.12. The summed E-state index contributed by atoms with van der Waals surface area (Å²) < 4.78 is 5.56. The van der Waals surface area contributed by atoms with Crippen LogP contribution in [0, 0.1) is 0 Å². The van der Waals surface area contributed by atoms with Crippen molar-refractivity contribution in [3.8, 4) is 5.75 Å². The molecule has 0 bridgehead atoms. The topological polar surface area (TPSA) is 33.4 Å². The van der Waals surface area contributed by atoms with Crippen LogP contribution in [0.2, 0.25) is 15.1 Å². The van der Waals surface area contributed by atoms with Crippen molar-refractivity contribution in [2.75, 3.05) is 0 Å². The van der Waals surface area contributed by atoms with Crippen molar-refractivity contribution in [2.45, 2.75) is 0 Å². The largest absolute Gasteiger partial charge is 0.506 e. The van der Waals surface area contributed by atoms with E-state index < -0.39 is 0 Å². The quantitative estimate of drug-likeness (QED) is 0.612. The summed E-state index contributed by atoms with van der Waals surface area (Å²) in [4.78, 5) is 0. The van der Waals surface area contributed by atoms with E-state index in [9.17, 15) is 5.11 Å². The summed E-state index contributed by atoms with van der Waals surface area (Å²) in [5.41, 5.74) is 1.15. The molecule has 3 rings (SSSR count). The van der Waals surface area contributed by atoms with Crippen LogP contribution in [0.5, 0.6) is 5.75 Å². The van der Waals surface area contributed by atoms with E-state index in [0.29, 0.717) is 21.2 Å². The number of aromatic hydroxyl groups is 1. The van der Waals surface area contributed by atoms with Crippen molar-refractivity contribution in [1.82, 2.24) is 0 Å². The number of phenolic OH excluding ortho intramolecular Hbond substituents is 1. The second-order valence-electron chi connectivity index (χ2n) is 3.66. The molecule has 2 nitrogen and oxygen atoms in total. The number of halogens is 3. The average Bonchev–Trinajstić information content (AvgIpc) is 2.58. The van der Waals surface area contributed by atoms with E-state index in [1.807, 2.05) is 0 Å². The van der Waals surface area contributed by atoms with Gasteiger partial charge in [0.2, 0.25) is 0 Å². The molecule has 0 fully saturated rings. The number of phenols is 1. The molecule has 0 aliphatic rings. The third-order valence-corrected chi connectivity index (χ3v) is 3.61. The monoisotopic (exact) mass is 286 g/mol. The summed E-state index contributed by atoms with van der Waals surface area (Å²) >= 11 is 17.7. The zero-order valence-corrected chi connectivity index (χ0v) is 10.6. The molecule has 17 heavy (non-hydrogen) atoms. The Balaban J connectivity index is 2.51. The predicted octanol–water partition coefficient (Wildman–Crippen LogP) is 5.25. The second kappa shape index (κ2) is 3.70. The van der Waals surface area contributed by atoms with Gasteiger partial charge in [-0.2, -0.15) is 0 Å². The Bertz CT molecular complexity index is 684. The molecule has 0 atom stereocenters. The van der Waals surface area contributed by atoms with Crippen molar-refractivity contribution in [3.05, 3.63) is 39.3 Å². The van der Waals surface area contributed by atoms with Crippen LogP contribution >= 0.6 is 34.8 Å². The van der Waals surface area contributed by atoms with Gasteiger partial charge in [0.05, 0.1) is 15.1 Å². The lowest BCUT2D eigenvalue weighted by molar-refractivity contribution is 0.475. The maximum Gasteiger partial charge on any atom is 0.139 e. The molecule has 1 N–H and O–H groups in total. The first-order valence-electron chi connectivity index (χ1n) is 4.76. The summed E-state index contributed by atoms with van der Waals surface area (Å²) in [6.45, 7) is 0. The predicted molar refractivity (Wildman–Crippen MR) is 70.4 cm³/mol. The summed E-state index contributed by atoms with van der Waals surface area (Å²) in [7, 11) is 0. The molecule has 3 aromatic rings. The van der Waals surface area contributed by atoms with Gasteiger partial charge in [-0.15, -0.1) is 0 Å². The molecule has 0 spiro atoms. The first kappa shape index (κ1) is 11.0. The Morgan fingerprint density at radius 2 is 1.29 bits per heavy atom.